The summed E-state index contributed by atoms with van der Waals surface area (Å²) in [6, 6.07) is 7.34. The predicted molar refractivity (Wildman–Crippen MR) is 100.0 cm³/mol. The van der Waals surface area contributed by atoms with Crippen molar-refractivity contribution in [1.29, 1.82) is 0 Å². The summed E-state index contributed by atoms with van der Waals surface area (Å²) in [7, 11) is 0. The lowest BCUT2D eigenvalue weighted by Gasteiger charge is -2.27. The largest absolute Gasteiger partial charge is 0.306 e. The monoisotopic (exact) mass is 372 g/mol. The first-order valence-electron chi connectivity index (χ1n) is 8.09. The fraction of sp³-hybridized carbons (Fsp3) is 0.278. The van der Waals surface area contributed by atoms with Gasteiger partial charge in [-0.15, -0.1) is 11.3 Å². The molecule has 1 aliphatic rings. The number of H-pyrrole nitrogens is 1. The molecule has 0 spiro atoms. The second-order valence-corrected chi connectivity index (χ2v) is 7.54. The Kier molecular flexibility index (Phi) is 4.41. The maximum Gasteiger partial charge on any atom is 0.254 e. The molecule has 0 aliphatic carbocycles. The van der Waals surface area contributed by atoms with Crippen LogP contribution in [0.5, 0.6) is 0 Å². The van der Waals surface area contributed by atoms with Crippen molar-refractivity contribution < 1.29 is 0 Å². The molecule has 1 aliphatic heterocycles. The van der Waals surface area contributed by atoms with Crippen LogP contribution < -0.4 is 5.56 Å². The Morgan fingerprint density at radius 3 is 2.84 bits per heavy atom. The maximum absolute atomic E-state index is 12.5. The zero-order valence-electron chi connectivity index (χ0n) is 13.8. The maximum atomic E-state index is 12.5. The predicted octanol–water partition coefficient (Wildman–Crippen LogP) is 3.41. The molecule has 4 rings (SSSR count). The van der Waals surface area contributed by atoms with Crippen molar-refractivity contribution in [2.75, 3.05) is 6.54 Å². The molecule has 0 fully saturated rings. The lowest BCUT2D eigenvalue weighted by Crippen LogP contribution is -2.35. The Morgan fingerprint density at radius 1 is 1.32 bits per heavy atom. The number of aromatic nitrogens is 3. The molecule has 2 aromatic heterocycles. The normalized spacial score (nSPS) is 14.5. The minimum absolute atomic E-state index is 0.0384. The summed E-state index contributed by atoms with van der Waals surface area (Å²) in [5.74, 6) is 0.594. The first-order valence-corrected chi connectivity index (χ1v) is 9.35. The average Bonchev–Trinajstić information content (AvgIpc) is 3.00. The summed E-state index contributed by atoms with van der Waals surface area (Å²) in [6.45, 7) is 4.42. The molecule has 25 heavy (non-hydrogen) atoms. The van der Waals surface area contributed by atoms with Gasteiger partial charge >= 0.3 is 0 Å². The van der Waals surface area contributed by atoms with Gasteiger partial charge in [0.1, 0.15) is 5.82 Å². The number of thiazole rings is 1. The smallest absolute Gasteiger partial charge is 0.254 e. The van der Waals surface area contributed by atoms with Crippen LogP contribution in [0.4, 0.5) is 0 Å². The van der Waals surface area contributed by atoms with Gasteiger partial charge in [0.25, 0.3) is 5.56 Å². The third kappa shape index (κ3) is 3.38. The second-order valence-electron chi connectivity index (χ2n) is 6.17. The SMILES string of the molecule is Cc1ncsc1CN1CCc2c(nc(-c3ccc(Cl)cc3)[nH]c2=O)C1. The van der Waals surface area contributed by atoms with E-state index in [1.807, 2.05) is 24.6 Å². The highest BCUT2D eigenvalue weighted by Crippen LogP contribution is 2.23. The summed E-state index contributed by atoms with van der Waals surface area (Å²) in [4.78, 5) is 28.0. The molecular weight excluding hydrogens is 356 g/mol. The third-order valence-corrected chi connectivity index (χ3v) is 5.65. The summed E-state index contributed by atoms with van der Waals surface area (Å²) >= 11 is 7.62. The van der Waals surface area contributed by atoms with Gasteiger partial charge in [0.2, 0.25) is 0 Å². The van der Waals surface area contributed by atoms with Crippen LogP contribution in [-0.2, 0) is 19.5 Å². The van der Waals surface area contributed by atoms with E-state index in [0.717, 1.165) is 42.0 Å². The zero-order valence-corrected chi connectivity index (χ0v) is 15.3. The Morgan fingerprint density at radius 2 is 2.12 bits per heavy atom. The van der Waals surface area contributed by atoms with Crippen molar-refractivity contribution in [1.82, 2.24) is 19.9 Å². The number of hydrogen-bond donors (Lipinski definition) is 1. The lowest BCUT2D eigenvalue weighted by atomic mass is 10.1. The fourth-order valence-corrected chi connectivity index (χ4v) is 4.00. The average molecular weight is 373 g/mol. The van der Waals surface area contributed by atoms with E-state index in [9.17, 15) is 4.79 Å². The standard InChI is InChI=1S/C18H17ClN4OS/c1-11-16(25-10-20-11)9-23-7-6-14-15(8-23)21-17(22-18(14)24)12-2-4-13(19)5-3-12/h2-5,10H,6-9H2,1H3,(H,21,22,24). The van der Waals surface area contributed by atoms with Crippen LogP contribution in [0, 0.1) is 6.92 Å². The van der Waals surface area contributed by atoms with Gasteiger partial charge in [0.15, 0.2) is 0 Å². The molecule has 1 aromatic carbocycles. The van der Waals surface area contributed by atoms with Gasteiger partial charge in [0, 0.05) is 40.7 Å². The Hall–Kier alpha value is -2.02. The lowest BCUT2D eigenvalue weighted by molar-refractivity contribution is 0.242. The van der Waals surface area contributed by atoms with Crippen molar-refractivity contribution in [2.24, 2.45) is 0 Å². The Bertz CT molecular complexity index is 964. The molecule has 0 atom stereocenters. The van der Waals surface area contributed by atoms with Gasteiger partial charge in [-0.25, -0.2) is 9.97 Å². The number of nitrogens with zero attached hydrogens (tertiary/aromatic N) is 3. The Labute approximate surface area is 154 Å². The van der Waals surface area contributed by atoms with E-state index in [0.29, 0.717) is 17.4 Å². The fourth-order valence-electron chi connectivity index (χ4n) is 3.05. The van der Waals surface area contributed by atoms with E-state index in [2.05, 4.69) is 14.9 Å². The minimum atomic E-state index is -0.0384. The van der Waals surface area contributed by atoms with Gasteiger partial charge in [-0.2, -0.15) is 0 Å². The highest BCUT2D eigenvalue weighted by molar-refractivity contribution is 7.09. The van der Waals surface area contributed by atoms with Crippen LogP contribution in [0.1, 0.15) is 21.8 Å². The van der Waals surface area contributed by atoms with Crippen LogP contribution in [0.2, 0.25) is 5.02 Å². The van der Waals surface area contributed by atoms with E-state index < -0.39 is 0 Å². The number of aryl methyl sites for hydroxylation is 1. The molecule has 128 valence electrons. The molecule has 0 radical (unpaired) electrons. The number of halogens is 1. The molecule has 3 heterocycles. The van der Waals surface area contributed by atoms with Crippen LogP contribution in [0.3, 0.4) is 0 Å². The van der Waals surface area contributed by atoms with Gasteiger partial charge in [-0.05, 0) is 37.6 Å². The van der Waals surface area contributed by atoms with Crippen LogP contribution in [0.25, 0.3) is 11.4 Å². The number of benzene rings is 1. The van der Waals surface area contributed by atoms with E-state index in [1.165, 1.54) is 4.88 Å². The molecule has 5 nitrogen and oxygen atoms in total. The molecule has 3 aromatic rings. The van der Waals surface area contributed by atoms with Gasteiger partial charge in [0.05, 0.1) is 16.9 Å². The van der Waals surface area contributed by atoms with Crippen molar-refractivity contribution >= 4 is 22.9 Å². The summed E-state index contributed by atoms with van der Waals surface area (Å²) in [5.41, 5.74) is 5.45. The highest BCUT2D eigenvalue weighted by Gasteiger charge is 2.22. The van der Waals surface area contributed by atoms with Crippen molar-refractivity contribution in [2.45, 2.75) is 26.4 Å². The minimum Gasteiger partial charge on any atom is -0.306 e. The van der Waals surface area contributed by atoms with Crippen LogP contribution in [-0.4, -0.2) is 26.4 Å². The quantitative estimate of drug-likeness (QED) is 0.765. The van der Waals surface area contributed by atoms with Crippen LogP contribution >= 0.6 is 22.9 Å². The van der Waals surface area contributed by atoms with E-state index in [-0.39, 0.29) is 5.56 Å². The van der Waals surface area contributed by atoms with Gasteiger partial charge < -0.3 is 4.98 Å². The number of fused-ring (bicyclic) bond motifs is 1. The van der Waals surface area contributed by atoms with Crippen molar-refractivity contribution in [3.63, 3.8) is 0 Å². The first kappa shape index (κ1) is 16.4. The zero-order chi connectivity index (χ0) is 17.4. The summed E-state index contributed by atoms with van der Waals surface area (Å²) < 4.78 is 0. The summed E-state index contributed by atoms with van der Waals surface area (Å²) in [5, 5.41) is 0.662. The van der Waals surface area contributed by atoms with Gasteiger partial charge in [-0.1, -0.05) is 11.6 Å². The first-order chi connectivity index (χ1) is 12.1. The summed E-state index contributed by atoms with van der Waals surface area (Å²) in [6.07, 6.45) is 0.719. The van der Waals surface area contributed by atoms with E-state index >= 15 is 0 Å². The number of rotatable bonds is 3. The van der Waals surface area contributed by atoms with Crippen LogP contribution in [0.15, 0.2) is 34.6 Å². The molecule has 0 unspecified atom stereocenters. The molecule has 0 amide bonds. The van der Waals surface area contributed by atoms with Crippen molar-refractivity contribution in [3.05, 3.63) is 67.0 Å². The molecule has 1 N–H and O–H groups in total. The van der Waals surface area contributed by atoms with E-state index in [1.54, 1.807) is 23.5 Å². The Balaban J connectivity index is 1.63. The number of nitrogens with one attached hydrogen (secondary N) is 1. The second kappa shape index (κ2) is 6.71. The third-order valence-electron chi connectivity index (χ3n) is 4.48. The van der Waals surface area contributed by atoms with Crippen molar-refractivity contribution in [3.8, 4) is 11.4 Å². The number of hydrogen-bond acceptors (Lipinski definition) is 5. The van der Waals surface area contributed by atoms with Gasteiger partial charge in [-0.3, -0.25) is 9.69 Å². The molecule has 7 heteroatoms. The number of aromatic amines is 1. The molecule has 0 saturated heterocycles. The molecular formula is C18H17ClN4OS. The molecule has 0 bridgehead atoms. The van der Waals surface area contributed by atoms with E-state index in [4.69, 9.17) is 16.6 Å². The molecule has 0 saturated carbocycles. The highest BCUT2D eigenvalue weighted by atomic mass is 35.5. The topological polar surface area (TPSA) is 61.9 Å².